The van der Waals surface area contributed by atoms with E-state index in [0.717, 1.165) is 10.1 Å². The molecule has 0 saturated heterocycles. The lowest BCUT2D eigenvalue weighted by Gasteiger charge is -2.16. The fourth-order valence-corrected chi connectivity index (χ4v) is 6.37. The third kappa shape index (κ3) is 4.06. The molecule has 0 amide bonds. The summed E-state index contributed by atoms with van der Waals surface area (Å²) in [5.74, 6) is -0.528. The topological polar surface area (TPSA) is 77.4 Å². The Morgan fingerprint density at radius 1 is 1.16 bits per heavy atom. The number of benzene rings is 2. The lowest BCUT2D eigenvalue weighted by Crippen LogP contribution is -2.17. The van der Waals surface area contributed by atoms with Crippen molar-refractivity contribution in [3.05, 3.63) is 77.1 Å². The number of anilines is 1. The molecule has 31 heavy (non-hydrogen) atoms. The highest BCUT2D eigenvalue weighted by atomic mass is 35.5. The number of hydrogen-bond acceptors (Lipinski definition) is 5. The number of para-hydroxylation sites is 1. The van der Waals surface area contributed by atoms with Crippen LogP contribution in [0, 0.1) is 6.92 Å². The quantitative estimate of drug-likeness (QED) is 0.367. The molecule has 0 aliphatic carbocycles. The van der Waals surface area contributed by atoms with E-state index in [0.29, 0.717) is 16.3 Å². The third-order valence-electron chi connectivity index (χ3n) is 4.74. The van der Waals surface area contributed by atoms with Crippen LogP contribution in [-0.2, 0) is 14.8 Å². The molecule has 0 fully saturated rings. The van der Waals surface area contributed by atoms with Gasteiger partial charge in [-0.2, -0.15) is 0 Å². The van der Waals surface area contributed by atoms with Gasteiger partial charge < -0.3 is 9.30 Å². The van der Waals surface area contributed by atoms with Crippen molar-refractivity contribution >= 4 is 54.7 Å². The maximum Gasteiger partial charge on any atom is 0.340 e. The fourth-order valence-electron chi connectivity index (χ4n) is 3.38. The minimum absolute atomic E-state index is 0.199. The lowest BCUT2D eigenvalue weighted by atomic mass is 10.1. The molecular formula is C22H19ClN2O4S2. The van der Waals surface area contributed by atoms with E-state index in [2.05, 4.69) is 4.72 Å². The van der Waals surface area contributed by atoms with Gasteiger partial charge in [0.15, 0.2) is 0 Å². The molecule has 0 bridgehead atoms. The van der Waals surface area contributed by atoms with Crippen LogP contribution in [0.1, 0.15) is 22.8 Å². The van der Waals surface area contributed by atoms with E-state index < -0.39 is 16.0 Å². The molecule has 2 heterocycles. The van der Waals surface area contributed by atoms with Gasteiger partial charge in [-0.15, -0.1) is 11.3 Å². The summed E-state index contributed by atoms with van der Waals surface area (Å²) in [4.78, 5) is 12.5. The minimum atomic E-state index is -3.93. The highest BCUT2D eigenvalue weighted by molar-refractivity contribution is 7.95. The van der Waals surface area contributed by atoms with Crippen LogP contribution < -0.4 is 4.72 Å². The van der Waals surface area contributed by atoms with Gasteiger partial charge in [0.25, 0.3) is 10.0 Å². The number of nitrogens with zero attached hydrogens (tertiary/aromatic N) is 1. The van der Waals surface area contributed by atoms with Crippen LogP contribution in [0.25, 0.3) is 15.8 Å². The number of nitrogens with one attached hydrogen (secondary N) is 1. The van der Waals surface area contributed by atoms with E-state index in [1.165, 1.54) is 11.3 Å². The fraction of sp³-hybridized carbons (Fsp3) is 0.136. The van der Waals surface area contributed by atoms with Crippen molar-refractivity contribution in [2.45, 2.75) is 18.1 Å². The van der Waals surface area contributed by atoms with E-state index in [1.807, 2.05) is 0 Å². The van der Waals surface area contributed by atoms with E-state index in [4.69, 9.17) is 16.3 Å². The van der Waals surface area contributed by atoms with Gasteiger partial charge in [0.1, 0.15) is 4.21 Å². The standard InChI is InChI=1S/C22H19ClN2O4S2/c1-3-29-21(26)16-7-6-8-18(20(16)25-11-4-5-12-25)24-31(27,28)22-14(2)17-13-15(23)9-10-19(17)30-22/h4-13,24H,3H2,1-2H3. The largest absolute Gasteiger partial charge is 0.462 e. The summed E-state index contributed by atoms with van der Waals surface area (Å²) in [6.45, 7) is 3.69. The van der Waals surface area contributed by atoms with Crippen molar-refractivity contribution in [1.29, 1.82) is 0 Å². The second-order valence-corrected chi connectivity index (χ2v) is 10.1. The zero-order valence-corrected chi connectivity index (χ0v) is 19.1. The Morgan fingerprint density at radius 3 is 2.61 bits per heavy atom. The number of esters is 1. The van der Waals surface area contributed by atoms with Gasteiger partial charge in [0.05, 0.1) is 23.5 Å². The van der Waals surface area contributed by atoms with Crippen LogP contribution in [0.15, 0.2) is 65.1 Å². The number of sulfonamides is 1. The number of aryl methyl sites for hydroxylation is 1. The van der Waals surface area contributed by atoms with Crippen LogP contribution in [0.4, 0.5) is 5.69 Å². The molecule has 2 aromatic heterocycles. The Morgan fingerprint density at radius 2 is 1.90 bits per heavy atom. The Hall–Kier alpha value is -2.81. The first-order valence-electron chi connectivity index (χ1n) is 9.46. The van der Waals surface area contributed by atoms with Crippen LogP contribution in [0.5, 0.6) is 0 Å². The van der Waals surface area contributed by atoms with E-state index >= 15 is 0 Å². The number of aromatic nitrogens is 1. The number of halogens is 1. The smallest absolute Gasteiger partial charge is 0.340 e. The number of fused-ring (bicyclic) bond motifs is 1. The van der Waals surface area contributed by atoms with Crippen molar-refractivity contribution < 1.29 is 17.9 Å². The van der Waals surface area contributed by atoms with E-state index in [9.17, 15) is 13.2 Å². The number of thiophene rings is 1. The average Bonchev–Trinajstić information content (AvgIpc) is 3.36. The van der Waals surface area contributed by atoms with Crippen molar-refractivity contribution in [2.75, 3.05) is 11.3 Å². The molecule has 160 valence electrons. The summed E-state index contributed by atoms with van der Waals surface area (Å²) in [7, 11) is -3.93. The van der Waals surface area contributed by atoms with Gasteiger partial charge in [-0.3, -0.25) is 4.72 Å². The summed E-state index contributed by atoms with van der Waals surface area (Å²) in [6, 6.07) is 13.7. The molecule has 4 aromatic rings. The molecule has 0 saturated carbocycles. The summed E-state index contributed by atoms with van der Waals surface area (Å²) in [5, 5.41) is 1.34. The van der Waals surface area contributed by atoms with Crippen molar-refractivity contribution in [2.24, 2.45) is 0 Å². The lowest BCUT2D eigenvalue weighted by molar-refractivity contribution is 0.0526. The van der Waals surface area contributed by atoms with Crippen LogP contribution >= 0.6 is 22.9 Å². The molecule has 0 unspecified atom stereocenters. The molecule has 0 atom stereocenters. The highest BCUT2D eigenvalue weighted by Gasteiger charge is 2.25. The Bertz CT molecular complexity index is 1380. The Kier molecular flexibility index (Phi) is 5.79. The first-order chi connectivity index (χ1) is 14.8. The maximum absolute atomic E-state index is 13.3. The molecule has 4 rings (SSSR count). The van der Waals surface area contributed by atoms with Gasteiger partial charge in [-0.25, -0.2) is 13.2 Å². The van der Waals surface area contributed by atoms with Crippen molar-refractivity contribution in [3.63, 3.8) is 0 Å². The molecule has 0 aliphatic heterocycles. The maximum atomic E-state index is 13.3. The Balaban J connectivity index is 1.83. The predicted molar refractivity (Wildman–Crippen MR) is 124 cm³/mol. The Labute approximate surface area is 189 Å². The number of hydrogen-bond donors (Lipinski definition) is 1. The number of rotatable bonds is 6. The zero-order valence-electron chi connectivity index (χ0n) is 16.8. The predicted octanol–water partition coefficient (Wildman–Crippen LogP) is 5.63. The normalized spacial score (nSPS) is 11.6. The molecule has 9 heteroatoms. The molecule has 0 aliphatic rings. The molecule has 0 spiro atoms. The van der Waals surface area contributed by atoms with Gasteiger partial charge in [-0.1, -0.05) is 17.7 Å². The molecule has 0 radical (unpaired) electrons. The first-order valence-corrected chi connectivity index (χ1v) is 12.1. The number of carbonyl (C=O) groups is 1. The van der Waals surface area contributed by atoms with E-state index in [-0.39, 0.29) is 22.1 Å². The van der Waals surface area contributed by atoms with Crippen LogP contribution in [0.3, 0.4) is 0 Å². The first kappa shape index (κ1) is 21.4. The van der Waals surface area contributed by atoms with Crippen LogP contribution in [0.2, 0.25) is 5.02 Å². The van der Waals surface area contributed by atoms with Crippen molar-refractivity contribution in [1.82, 2.24) is 4.57 Å². The van der Waals surface area contributed by atoms with Gasteiger partial charge in [0.2, 0.25) is 0 Å². The van der Waals surface area contributed by atoms with Gasteiger partial charge in [0, 0.05) is 22.1 Å². The molecule has 1 N–H and O–H groups in total. The summed E-state index contributed by atoms with van der Waals surface area (Å²) in [6.07, 6.45) is 3.48. The summed E-state index contributed by atoms with van der Waals surface area (Å²) < 4.78 is 37.2. The molecule has 2 aromatic carbocycles. The third-order valence-corrected chi connectivity index (χ3v) is 8.23. The molecule has 6 nitrogen and oxygen atoms in total. The van der Waals surface area contributed by atoms with E-state index in [1.54, 1.807) is 79.3 Å². The van der Waals surface area contributed by atoms with Crippen molar-refractivity contribution in [3.8, 4) is 5.69 Å². The minimum Gasteiger partial charge on any atom is -0.462 e. The van der Waals surface area contributed by atoms with Gasteiger partial charge >= 0.3 is 5.97 Å². The zero-order chi connectivity index (χ0) is 22.2. The van der Waals surface area contributed by atoms with Crippen LogP contribution in [-0.4, -0.2) is 25.6 Å². The second kappa shape index (κ2) is 8.37. The summed E-state index contributed by atoms with van der Waals surface area (Å²) in [5.41, 5.74) is 1.56. The summed E-state index contributed by atoms with van der Waals surface area (Å²) >= 11 is 7.26. The highest BCUT2D eigenvalue weighted by Crippen LogP contribution is 2.37. The number of ether oxygens (including phenoxy) is 1. The van der Waals surface area contributed by atoms with Gasteiger partial charge in [-0.05, 0) is 67.3 Å². The SMILES string of the molecule is CCOC(=O)c1cccc(NS(=O)(=O)c2sc3ccc(Cl)cc3c2C)c1-n1cccc1. The average molecular weight is 475 g/mol. The molecular weight excluding hydrogens is 456 g/mol. The number of carbonyl (C=O) groups excluding carboxylic acids is 1. The second-order valence-electron chi connectivity index (χ2n) is 6.77. The monoisotopic (exact) mass is 474 g/mol.